The average molecular weight is 243 g/mol. The number of hydrogen-bond acceptors (Lipinski definition) is 4. The molecule has 6 heteroatoms. The van der Waals surface area contributed by atoms with Crippen molar-refractivity contribution in [1.82, 2.24) is 5.16 Å². The van der Waals surface area contributed by atoms with Crippen LogP contribution < -0.4 is 10.5 Å². The Bertz CT molecular complexity index is 528. The minimum atomic E-state index is -0.586. The third-order valence-electron chi connectivity index (χ3n) is 2.04. The Morgan fingerprint density at radius 3 is 2.75 bits per heavy atom. The number of benzene rings is 1. The molecule has 1 aromatic carbocycles. The molecule has 0 unspecified atom stereocenters. The van der Waals surface area contributed by atoms with E-state index in [1.165, 1.54) is 19.2 Å². The quantitative estimate of drug-likeness (QED) is 0.880. The fourth-order valence-corrected chi connectivity index (χ4v) is 1.47. The first-order valence-electron chi connectivity index (χ1n) is 4.37. The van der Waals surface area contributed by atoms with Crippen LogP contribution >= 0.6 is 11.6 Å². The van der Waals surface area contributed by atoms with Gasteiger partial charge in [-0.2, -0.15) is 0 Å². The molecule has 0 amide bonds. The van der Waals surface area contributed by atoms with E-state index in [1.807, 2.05) is 0 Å². The van der Waals surface area contributed by atoms with Crippen LogP contribution in [-0.4, -0.2) is 12.3 Å². The van der Waals surface area contributed by atoms with Crippen LogP contribution in [-0.2, 0) is 0 Å². The smallest absolute Gasteiger partial charge is 0.222 e. The average Bonchev–Trinajstić information content (AvgIpc) is 2.69. The summed E-state index contributed by atoms with van der Waals surface area (Å²) < 4.78 is 23.0. The Morgan fingerprint density at radius 2 is 2.19 bits per heavy atom. The monoisotopic (exact) mass is 242 g/mol. The van der Waals surface area contributed by atoms with E-state index in [2.05, 4.69) is 5.16 Å². The summed E-state index contributed by atoms with van der Waals surface area (Å²) in [5.74, 6) is -0.194. The van der Waals surface area contributed by atoms with Crippen molar-refractivity contribution in [3.63, 3.8) is 0 Å². The van der Waals surface area contributed by atoms with Crippen LogP contribution in [0.5, 0.6) is 5.75 Å². The lowest BCUT2D eigenvalue weighted by Crippen LogP contribution is -1.89. The van der Waals surface area contributed by atoms with Crippen LogP contribution in [0.15, 0.2) is 22.7 Å². The van der Waals surface area contributed by atoms with Crippen LogP contribution in [0, 0.1) is 5.82 Å². The second-order valence-electron chi connectivity index (χ2n) is 3.09. The molecule has 0 bridgehead atoms. The fourth-order valence-electron chi connectivity index (χ4n) is 1.29. The second-order valence-corrected chi connectivity index (χ2v) is 3.47. The molecule has 0 radical (unpaired) electrons. The predicted molar refractivity (Wildman–Crippen MR) is 57.9 cm³/mol. The van der Waals surface area contributed by atoms with Gasteiger partial charge in [-0.15, -0.1) is 0 Å². The molecule has 2 N–H and O–H groups in total. The minimum absolute atomic E-state index is 0.0669. The molecule has 2 aromatic rings. The number of nitrogens with zero attached hydrogens (tertiary/aromatic N) is 1. The van der Waals surface area contributed by atoms with Crippen molar-refractivity contribution < 1.29 is 13.7 Å². The number of methoxy groups -OCH3 is 1. The molecule has 0 saturated heterocycles. The fraction of sp³-hybridized carbons (Fsp3) is 0.100. The first-order chi connectivity index (χ1) is 7.61. The summed E-state index contributed by atoms with van der Waals surface area (Å²) in [4.78, 5) is 0. The molecule has 84 valence electrons. The third kappa shape index (κ3) is 1.81. The lowest BCUT2D eigenvalue weighted by molar-refractivity contribution is 0.411. The van der Waals surface area contributed by atoms with Gasteiger partial charge in [-0.05, 0) is 12.1 Å². The highest BCUT2D eigenvalue weighted by atomic mass is 35.5. The number of halogens is 2. The van der Waals surface area contributed by atoms with E-state index in [0.717, 1.165) is 0 Å². The van der Waals surface area contributed by atoms with E-state index in [4.69, 9.17) is 26.6 Å². The topological polar surface area (TPSA) is 61.3 Å². The molecule has 0 aliphatic carbocycles. The molecule has 0 fully saturated rings. The SMILES string of the molecule is COc1cc(-c2cc(N)on2)cc(F)c1Cl. The second kappa shape index (κ2) is 4.02. The van der Waals surface area contributed by atoms with Crippen LogP contribution in [0.1, 0.15) is 0 Å². The van der Waals surface area contributed by atoms with Gasteiger partial charge in [-0.1, -0.05) is 16.8 Å². The standard InChI is InChI=1S/C10H8ClFN2O2/c1-15-8-3-5(2-6(12)10(8)11)7-4-9(13)16-14-7/h2-4H,13H2,1H3. The number of rotatable bonds is 2. The van der Waals surface area contributed by atoms with Crippen LogP contribution in [0.25, 0.3) is 11.3 Å². The van der Waals surface area contributed by atoms with Gasteiger partial charge >= 0.3 is 0 Å². The lowest BCUT2D eigenvalue weighted by atomic mass is 10.1. The van der Waals surface area contributed by atoms with Gasteiger partial charge in [0.25, 0.3) is 0 Å². The summed E-state index contributed by atoms with van der Waals surface area (Å²) in [6, 6.07) is 4.28. The van der Waals surface area contributed by atoms with E-state index in [9.17, 15) is 4.39 Å². The summed E-state index contributed by atoms with van der Waals surface area (Å²) >= 11 is 5.69. The van der Waals surface area contributed by atoms with Gasteiger partial charge in [0.2, 0.25) is 5.88 Å². The zero-order valence-electron chi connectivity index (χ0n) is 8.33. The first-order valence-corrected chi connectivity index (χ1v) is 4.75. The molecule has 0 atom stereocenters. The Balaban J connectivity index is 2.54. The molecule has 2 rings (SSSR count). The van der Waals surface area contributed by atoms with E-state index in [-0.39, 0.29) is 16.7 Å². The summed E-state index contributed by atoms with van der Waals surface area (Å²) in [6.45, 7) is 0. The van der Waals surface area contributed by atoms with Crippen LogP contribution in [0.2, 0.25) is 5.02 Å². The van der Waals surface area contributed by atoms with E-state index in [1.54, 1.807) is 6.07 Å². The van der Waals surface area contributed by atoms with Crippen molar-refractivity contribution >= 4 is 17.5 Å². The number of nitrogen functional groups attached to an aromatic ring is 1. The Labute approximate surface area is 95.7 Å². The highest BCUT2D eigenvalue weighted by Gasteiger charge is 2.12. The van der Waals surface area contributed by atoms with Crippen molar-refractivity contribution in [2.75, 3.05) is 12.8 Å². The Morgan fingerprint density at radius 1 is 1.44 bits per heavy atom. The molecule has 4 nitrogen and oxygen atoms in total. The summed E-state index contributed by atoms with van der Waals surface area (Å²) in [6.07, 6.45) is 0. The summed E-state index contributed by atoms with van der Waals surface area (Å²) in [7, 11) is 1.40. The van der Waals surface area contributed by atoms with E-state index < -0.39 is 5.82 Å². The van der Waals surface area contributed by atoms with Crippen LogP contribution in [0.3, 0.4) is 0 Å². The van der Waals surface area contributed by atoms with Crippen molar-refractivity contribution in [2.24, 2.45) is 0 Å². The van der Waals surface area contributed by atoms with Crippen molar-refractivity contribution in [3.05, 3.63) is 29.0 Å². The van der Waals surface area contributed by atoms with Crippen molar-refractivity contribution in [2.45, 2.75) is 0 Å². The zero-order valence-corrected chi connectivity index (χ0v) is 9.08. The van der Waals surface area contributed by atoms with E-state index >= 15 is 0 Å². The minimum Gasteiger partial charge on any atom is -0.495 e. The molecule has 0 saturated carbocycles. The lowest BCUT2D eigenvalue weighted by Gasteiger charge is -2.05. The van der Waals surface area contributed by atoms with Crippen LogP contribution in [0.4, 0.5) is 10.3 Å². The Kier molecular flexibility index (Phi) is 2.70. The molecule has 0 aliphatic heterocycles. The zero-order chi connectivity index (χ0) is 11.7. The molecule has 16 heavy (non-hydrogen) atoms. The molecule has 0 spiro atoms. The molecular formula is C10H8ClFN2O2. The molecule has 0 aliphatic rings. The number of nitrogens with two attached hydrogens (primary N) is 1. The molecular weight excluding hydrogens is 235 g/mol. The number of anilines is 1. The number of ether oxygens (including phenoxy) is 1. The third-order valence-corrected chi connectivity index (χ3v) is 2.41. The number of hydrogen-bond donors (Lipinski definition) is 1. The van der Waals surface area contributed by atoms with Crippen molar-refractivity contribution in [1.29, 1.82) is 0 Å². The van der Waals surface area contributed by atoms with Gasteiger partial charge < -0.3 is 15.0 Å². The normalized spacial score (nSPS) is 10.4. The molecule has 1 heterocycles. The highest BCUT2D eigenvalue weighted by molar-refractivity contribution is 6.32. The number of aromatic nitrogens is 1. The highest BCUT2D eigenvalue weighted by Crippen LogP contribution is 2.33. The maximum absolute atomic E-state index is 13.4. The summed E-state index contributed by atoms with van der Waals surface area (Å²) in [5.41, 5.74) is 6.28. The predicted octanol–water partition coefficient (Wildman–Crippen LogP) is 2.72. The van der Waals surface area contributed by atoms with Gasteiger partial charge in [0.15, 0.2) is 0 Å². The largest absolute Gasteiger partial charge is 0.495 e. The van der Waals surface area contributed by atoms with E-state index in [0.29, 0.717) is 11.3 Å². The van der Waals surface area contributed by atoms with Gasteiger partial charge in [-0.25, -0.2) is 4.39 Å². The maximum Gasteiger partial charge on any atom is 0.222 e. The van der Waals surface area contributed by atoms with Gasteiger partial charge in [0.05, 0.1) is 7.11 Å². The van der Waals surface area contributed by atoms with Gasteiger partial charge in [-0.3, -0.25) is 0 Å². The summed E-state index contributed by atoms with van der Waals surface area (Å²) in [5, 5.41) is 3.60. The first kappa shape index (κ1) is 10.8. The van der Waals surface area contributed by atoms with Gasteiger partial charge in [0.1, 0.15) is 22.3 Å². The van der Waals surface area contributed by atoms with Gasteiger partial charge in [0, 0.05) is 11.6 Å². The maximum atomic E-state index is 13.4. The molecule has 1 aromatic heterocycles. The Hall–Kier alpha value is -1.75. The van der Waals surface area contributed by atoms with Crippen molar-refractivity contribution in [3.8, 4) is 17.0 Å².